The topological polar surface area (TPSA) is 40.7 Å². The van der Waals surface area contributed by atoms with Gasteiger partial charge in [-0.25, -0.2) is 0 Å². The Hall–Kier alpha value is -1.61. The lowest BCUT2D eigenvalue weighted by Gasteiger charge is -2.12. The molecule has 15 heavy (non-hydrogen) atoms. The summed E-state index contributed by atoms with van der Waals surface area (Å²) in [7, 11) is 0. The average molecular weight is 199 g/mol. The van der Waals surface area contributed by atoms with Crippen LogP contribution in [0.3, 0.4) is 0 Å². The SMILES string of the molecule is C1=C(c2cc3ncccc3[nH]2)CCNC1. The van der Waals surface area contributed by atoms with Crippen molar-refractivity contribution in [3.63, 3.8) is 0 Å². The average Bonchev–Trinajstić information content (AvgIpc) is 2.74. The molecule has 1 aliphatic rings. The molecule has 2 aromatic heterocycles. The van der Waals surface area contributed by atoms with Gasteiger partial charge in [-0.3, -0.25) is 4.98 Å². The first-order valence-corrected chi connectivity index (χ1v) is 5.27. The van der Waals surface area contributed by atoms with Crippen molar-refractivity contribution >= 4 is 16.6 Å². The lowest BCUT2D eigenvalue weighted by molar-refractivity contribution is 0.737. The van der Waals surface area contributed by atoms with Gasteiger partial charge in [-0.2, -0.15) is 0 Å². The Bertz CT molecular complexity index is 477. The highest BCUT2D eigenvalue weighted by Gasteiger charge is 2.08. The minimum atomic E-state index is 0.970. The van der Waals surface area contributed by atoms with E-state index in [1.165, 1.54) is 11.3 Å². The lowest BCUT2D eigenvalue weighted by atomic mass is 10.1. The fourth-order valence-electron chi connectivity index (χ4n) is 2.00. The Kier molecular flexibility index (Phi) is 2.03. The molecular weight excluding hydrogens is 186 g/mol. The minimum absolute atomic E-state index is 0.970. The van der Waals surface area contributed by atoms with Crippen molar-refractivity contribution in [2.75, 3.05) is 13.1 Å². The molecule has 3 heteroatoms. The molecular formula is C12H13N3. The summed E-state index contributed by atoms with van der Waals surface area (Å²) in [5.74, 6) is 0. The molecule has 0 saturated heterocycles. The van der Waals surface area contributed by atoms with E-state index in [9.17, 15) is 0 Å². The third-order valence-electron chi connectivity index (χ3n) is 2.80. The van der Waals surface area contributed by atoms with Gasteiger partial charge in [0.1, 0.15) is 0 Å². The van der Waals surface area contributed by atoms with Crippen LogP contribution in [0.5, 0.6) is 0 Å². The number of nitrogens with zero attached hydrogens (tertiary/aromatic N) is 1. The zero-order valence-corrected chi connectivity index (χ0v) is 8.46. The van der Waals surface area contributed by atoms with Gasteiger partial charge in [-0.1, -0.05) is 6.08 Å². The van der Waals surface area contributed by atoms with Gasteiger partial charge in [0, 0.05) is 18.4 Å². The zero-order chi connectivity index (χ0) is 10.1. The van der Waals surface area contributed by atoms with Gasteiger partial charge in [0.05, 0.1) is 11.0 Å². The van der Waals surface area contributed by atoms with Crippen LogP contribution in [0.4, 0.5) is 0 Å². The van der Waals surface area contributed by atoms with Crippen LogP contribution in [0.15, 0.2) is 30.5 Å². The van der Waals surface area contributed by atoms with Gasteiger partial charge in [0.2, 0.25) is 0 Å². The third-order valence-corrected chi connectivity index (χ3v) is 2.80. The van der Waals surface area contributed by atoms with Crippen molar-refractivity contribution in [2.24, 2.45) is 0 Å². The van der Waals surface area contributed by atoms with Crippen molar-refractivity contribution in [2.45, 2.75) is 6.42 Å². The number of fused-ring (bicyclic) bond motifs is 1. The van der Waals surface area contributed by atoms with Crippen LogP contribution in [-0.2, 0) is 0 Å². The summed E-state index contributed by atoms with van der Waals surface area (Å²) in [6.45, 7) is 2.03. The standard InChI is InChI=1S/C12H13N3/c1-2-10-12(14-5-1)8-11(15-10)9-3-6-13-7-4-9/h1-3,5,8,13,15H,4,6-7H2. The maximum atomic E-state index is 4.32. The summed E-state index contributed by atoms with van der Waals surface area (Å²) in [4.78, 5) is 7.73. The van der Waals surface area contributed by atoms with Crippen molar-refractivity contribution in [3.8, 4) is 0 Å². The molecule has 1 aliphatic heterocycles. The van der Waals surface area contributed by atoms with Crippen molar-refractivity contribution in [3.05, 3.63) is 36.2 Å². The smallest absolute Gasteiger partial charge is 0.0885 e. The number of aromatic nitrogens is 2. The molecule has 0 aromatic carbocycles. The molecule has 2 aromatic rings. The second-order valence-corrected chi connectivity index (χ2v) is 3.80. The van der Waals surface area contributed by atoms with Crippen LogP contribution >= 0.6 is 0 Å². The second-order valence-electron chi connectivity index (χ2n) is 3.80. The van der Waals surface area contributed by atoms with E-state index in [1.54, 1.807) is 0 Å². The Morgan fingerprint density at radius 3 is 3.13 bits per heavy atom. The number of pyridine rings is 1. The molecule has 3 rings (SSSR count). The van der Waals surface area contributed by atoms with E-state index in [0.717, 1.165) is 30.5 Å². The molecule has 0 radical (unpaired) electrons. The highest BCUT2D eigenvalue weighted by Crippen LogP contribution is 2.22. The van der Waals surface area contributed by atoms with E-state index in [1.807, 2.05) is 12.3 Å². The zero-order valence-electron chi connectivity index (χ0n) is 8.46. The van der Waals surface area contributed by atoms with Crippen LogP contribution in [0.25, 0.3) is 16.6 Å². The Morgan fingerprint density at radius 2 is 2.33 bits per heavy atom. The third kappa shape index (κ3) is 1.55. The van der Waals surface area contributed by atoms with Crippen molar-refractivity contribution in [1.82, 2.24) is 15.3 Å². The van der Waals surface area contributed by atoms with E-state index in [2.05, 4.69) is 33.5 Å². The van der Waals surface area contributed by atoms with Crippen LogP contribution in [0.1, 0.15) is 12.1 Å². The van der Waals surface area contributed by atoms with Gasteiger partial charge in [0.15, 0.2) is 0 Å². The summed E-state index contributed by atoms with van der Waals surface area (Å²) in [6, 6.07) is 6.15. The maximum Gasteiger partial charge on any atom is 0.0885 e. The van der Waals surface area contributed by atoms with Gasteiger partial charge in [-0.05, 0) is 36.7 Å². The molecule has 0 bridgehead atoms. The highest BCUT2D eigenvalue weighted by atomic mass is 14.9. The number of hydrogen-bond acceptors (Lipinski definition) is 2. The second kappa shape index (κ2) is 3.51. The van der Waals surface area contributed by atoms with E-state index in [4.69, 9.17) is 0 Å². The molecule has 0 saturated carbocycles. The number of rotatable bonds is 1. The van der Waals surface area contributed by atoms with Crippen molar-refractivity contribution in [1.29, 1.82) is 0 Å². The molecule has 2 N–H and O–H groups in total. The minimum Gasteiger partial charge on any atom is -0.353 e. The first-order chi connectivity index (χ1) is 7.43. The molecule has 0 unspecified atom stereocenters. The fraction of sp³-hybridized carbons (Fsp3) is 0.250. The molecule has 0 amide bonds. The van der Waals surface area contributed by atoms with E-state index < -0.39 is 0 Å². The van der Waals surface area contributed by atoms with Gasteiger partial charge in [0.25, 0.3) is 0 Å². The first kappa shape index (κ1) is 8.68. The summed E-state index contributed by atoms with van der Waals surface area (Å²) in [5.41, 5.74) is 4.77. The Morgan fingerprint density at radius 1 is 1.33 bits per heavy atom. The predicted octanol–water partition coefficient (Wildman–Crippen LogP) is 1.94. The molecule has 3 nitrogen and oxygen atoms in total. The van der Waals surface area contributed by atoms with Gasteiger partial charge >= 0.3 is 0 Å². The van der Waals surface area contributed by atoms with Crippen molar-refractivity contribution < 1.29 is 0 Å². The molecule has 0 aliphatic carbocycles. The predicted molar refractivity (Wildman–Crippen MR) is 61.6 cm³/mol. The summed E-state index contributed by atoms with van der Waals surface area (Å²) >= 11 is 0. The number of hydrogen-bond donors (Lipinski definition) is 2. The van der Waals surface area contributed by atoms with E-state index in [-0.39, 0.29) is 0 Å². The van der Waals surface area contributed by atoms with E-state index in [0.29, 0.717) is 0 Å². The van der Waals surface area contributed by atoms with Crippen LogP contribution < -0.4 is 5.32 Å². The maximum absolute atomic E-state index is 4.32. The number of aromatic amines is 1. The summed E-state index contributed by atoms with van der Waals surface area (Å²) < 4.78 is 0. The quantitative estimate of drug-likeness (QED) is 0.737. The van der Waals surface area contributed by atoms with Gasteiger partial charge in [-0.15, -0.1) is 0 Å². The number of nitrogens with one attached hydrogen (secondary N) is 2. The molecule has 0 spiro atoms. The molecule has 0 fully saturated rings. The Labute approximate surface area is 88.2 Å². The van der Waals surface area contributed by atoms with Crippen LogP contribution in [-0.4, -0.2) is 23.1 Å². The normalized spacial score (nSPS) is 16.7. The Balaban J connectivity index is 2.07. The van der Waals surface area contributed by atoms with E-state index >= 15 is 0 Å². The summed E-state index contributed by atoms with van der Waals surface area (Å²) in [6.07, 6.45) is 5.16. The first-order valence-electron chi connectivity index (χ1n) is 5.27. The monoisotopic (exact) mass is 199 g/mol. The highest BCUT2D eigenvalue weighted by molar-refractivity contribution is 5.81. The van der Waals surface area contributed by atoms with Crippen LogP contribution in [0.2, 0.25) is 0 Å². The molecule has 76 valence electrons. The lowest BCUT2D eigenvalue weighted by Crippen LogP contribution is -2.20. The molecule has 3 heterocycles. The molecule has 0 atom stereocenters. The fourth-order valence-corrected chi connectivity index (χ4v) is 2.00. The largest absolute Gasteiger partial charge is 0.353 e. The number of H-pyrrole nitrogens is 1. The summed E-state index contributed by atoms with van der Waals surface area (Å²) in [5, 5.41) is 3.31. The van der Waals surface area contributed by atoms with Gasteiger partial charge < -0.3 is 10.3 Å². The van der Waals surface area contributed by atoms with Crippen LogP contribution in [0, 0.1) is 0 Å².